The molecule has 2 heteroatoms. The summed E-state index contributed by atoms with van der Waals surface area (Å²) in [5.41, 5.74) is 1.21. The minimum atomic E-state index is 0.314. The van der Waals surface area contributed by atoms with Crippen LogP contribution in [0.5, 0.6) is 0 Å². The molecule has 0 aromatic rings. The largest absolute Gasteiger partial charge is 0.301 e. The Bertz CT molecular complexity index is 484. The fraction of sp³-hybridized carbons (Fsp3) is 1.00. The molecule has 0 spiro atoms. The number of hydrogen-bond donors (Lipinski definition) is 0. The first-order valence-electron chi connectivity index (χ1n) is 14.7. The van der Waals surface area contributed by atoms with Crippen molar-refractivity contribution in [3.63, 3.8) is 0 Å². The van der Waals surface area contributed by atoms with Crippen molar-refractivity contribution in [1.29, 1.82) is 0 Å². The Morgan fingerprint density at radius 2 is 1.09 bits per heavy atom. The molecule has 0 radical (unpaired) electrons. The van der Waals surface area contributed by atoms with Gasteiger partial charge >= 0.3 is 0 Å². The highest BCUT2D eigenvalue weighted by molar-refractivity contribution is 4.95. The van der Waals surface area contributed by atoms with Gasteiger partial charge in [-0.2, -0.15) is 0 Å². The summed E-state index contributed by atoms with van der Waals surface area (Å²) in [7, 11) is 0. The van der Waals surface area contributed by atoms with Crippen LogP contribution < -0.4 is 0 Å². The SMILES string of the molecule is CC.CC.CC(C)CC(C)N1CCC(C(C)(C)CC(C)(C)N2CCC(C(C)(C)C)CC2)CC1. The summed E-state index contributed by atoms with van der Waals surface area (Å²) in [6.07, 6.45) is 8.19. The zero-order chi connectivity index (χ0) is 26.0. The van der Waals surface area contributed by atoms with Crippen LogP contribution in [0.3, 0.4) is 0 Å². The maximum absolute atomic E-state index is 2.82. The molecule has 0 aromatic heterocycles. The molecule has 33 heavy (non-hydrogen) atoms. The van der Waals surface area contributed by atoms with Gasteiger partial charge in [0.15, 0.2) is 0 Å². The van der Waals surface area contributed by atoms with E-state index in [-0.39, 0.29) is 0 Å². The molecule has 0 amide bonds. The first kappa shape index (κ1) is 32.9. The number of nitrogens with zero attached hydrogens (tertiary/aromatic N) is 2. The predicted molar refractivity (Wildman–Crippen MR) is 152 cm³/mol. The van der Waals surface area contributed by atoms with Crippen LogP contribution in [0.25, 0.3) is 0 Å². The minimum Gasteiger partial charge on any atom is -0.301 e. The van der Waals surface area contributed by atoms with Crippen molar-refractivity contribution in [3.8, 4) is 0 Å². The first-order valence-corrected chi connectivity index (χ1v) is 14.7. The highest BCUT2D eigenvalue weighted by atomic mass is 15.2. The molecule has 0 saturated carbocycles. The monoisotopic (exact) mass is 467 g/mol. The summed E-state index contributed by atoms with van der Waals surface area (Å²) >= 11 is 0. The molecule has 2 rings (SSSR count). The Hall–Kier alpha value is -0.0800. The van der Waals surface area contributed by atoms with Crippen LogP contribution >= 0.6 is 0 Å². The molecule has 0 bridgehead atoms. The second-order valence-electron chi connectivity index (χ2n) is 13.4. The summed E-state index contributed by atoms with van der Waals surface area (Å²) < 4.78 is 0. The molecule has 1 atom stereocenters. The van der Waals surface area contributed by atoms with E-state index in [1.54, 1.807) is 0 Å². The van der Waals surface area contributed by atoms with Crippen LogP contribution in [0.1, 0.15) is 135 Å². The van der Waals surface area contributed by atoms with Gasteiger partial charge in [-0.15, -0.1) is 0 Å². The van der Waals surface area contributed by atoms with E-state index in [9.17, 15) is 0 Å². The molecule has 0 N–H and O–H groups in total. The first-order chi connectivity index (χ1) is 15.2. The second kappa shape index (κ2) is 14.5. The fourth-order valence-corrected chi connectivity index (χ4v) is 6.67. The Kier molecular flexibility index (Phi) is 14.4. The van der Waals surface area contributed by atoms with E-state index < -0.39 is 0 Å². The van der Waals surface area contributed by atoms with Crippen LogP contribution in [0.4, 0.5) is 0 Å². The van der Waals surface area contributed by atoms with Gasteiger partial charge in [-0.3, -0.25) is 4.90 Å². The molecule has 0 aliphatic carbocycles. The normalized spacial score (nSPS) is 21.2. The van der Waals surface area contributed by atoms with E-state index in [4.69, 9.17) is 0 Å². The Morgan fingerprint density at radius 1 is 0.667 bits per heavy atom. The lowest BCUT2D eigenvalue weighted by Crippen LogP contribution is -2.52. The molecule has 2 saturated heterocycles. The van der Waals surface area contributed by atoms with E-state index in [1.807, 2.05) is 27.7 Å². The van der Waals surface area contributed by atoms with Crippen molar-refractivity contribution in [2.75, 3.05) is 26.2 Å². The average Bonchev–Trinajstić information content (AvgIpc) is 2.75. The maximum atomic E-state index is 2.82. The predicted octanol–water partition coefficient (Wildman–Crippen LogP) is 9.14. The molecule has 2 aliphatic rings. The molecular formula is C31H66N2. The summed E-state index contributed by atoms with van der Waals surface area (Å²) in [6.45, 7) is 37.8. The summed E-state index contributed by atoms with van der Waals surface area (Å²) in [5.74, 6) is 2.57. The van der Waals surface area contributed by atoms with E-state index in [1.165, 1.54) is 64.7 Å². The van der Waals surface area contributed by atoms with Crippen LogP contribution in [0, 0.1) is 28.6 Å². The number of hydrogen-bond acceptors (Lipinski definition) is 2. The van der Waals surface area contributed by atoms with Gasteiger partial charge in [-0.25, -0.2) is 0 Å². The third kappa shape index (κ3) is 10.6. The van der Waals surface area contributed by atoms with E-state index in [2.05, 4.69) is 79.0 Å². The van der Waals surface area contributed by atoms with Crippen LogP contribution in [0.15, 0.2) is 0 Å². The Labute approximate surface area is 211 Å². The van der Waals surface area contributed by atoms with Crippen molar-refractivity contribution in [2.45, 2.75) is 147 Å². The third-order valence-corrected chi connectivity index (χ3v) is 8.53. The smallest absolute Gasteiger partial charge is 0.0158 e. The zero-order valence-corrected chi connectivity index (χ0v) is 25.8. The second-order valence-corrected chi connectivity index (χ2v) is 13.4. The Morgan fingerprint density at radius 3 is 1.48 bits per heavy atom. The molecule has 2 aliphatic heterocycles. The molecule has 2 fully saturated rings. The van der Waals surface area contributed by atoms with Gasteiger partial charge in [0.25, 0.3) is 0 Å². The standard InChI is InChI=1S/C27H54N2.2C2H6/c1-21(2)19-22(3)28-15-11-24(12-16-28)26(7,8)20-27(9,10)29-17-13-23(14-18-29)25(4,5)6;2*1-2/h21-24H,11-20H2,1-10H3;2*1-2H3. The van der Waals surface area contributed by atoms with Gasteiger partial charge in [0.1, 0.15) is 0 Å². The lowest BCUT2D eigenvalue weighted by molar-refractivity contribution is -0.00625. The molecule has 2 nitrogen and oxygen atoms in total. The molecule has 1 unspecified atom stereocenters. The van der Waals surface area contributed by atoms with Gasteiger partial charge in [-0.1, -0.05) is 76.2 Å². The van der Waals surface area contributed by atoms with Crippen LogP contribution in [-0.4, -0.2) is 47.6 Å². The molecule has 200 valence electrons. The average molecular weight is 467 g/mol. The minimum absolute atomic E-state index is 0.314. The number of likely N-dealkylation sites (tertiary alicyclic amines) is 2. The van der Waals surface area contributed by atoms with Crippen molar-refractivity contribution >= 4 is 0 Å². The lowest BCUT2D eigenvalue weighted by atomic mass is 9.67. The van der Waals surface area contributed by atoms with Gasteiger partial charge in [-0.05, 0) is 114 Å². The molecular weight excluding hydrogens is 400 g/mol. The molecule has 0 aromatic carbocycles. The number of rotatable bonds is 7. The van der Waals surface area contributed by atoms with Crippen LogP contribution in [0.2, 0.25) is 0 Å². The highest BCUT2D eigenvalue weighted by Gasteiger charge is 2.41. The van der Waals surface area contributed by atoms with Gasteiger partial charge in [0.2, 0.25) is 0 Å². The maximum Gasteiger partial charge on any atom is 0.0158 e. The Balaban J connectivity index is 0.00000242. The van der Waals surface area contributed by atoms with Crippen molar-refractivity contribution < 1.29 is 0 Å². The highest BCUT2D eigenvalue weighted by Crippen LogP contribution is 2.44. The zero-order valence-electron chi connectivity index (χ0n) is 25.8. The van der Waals surface area contributed by atoms with E-state index in [0.717, 1.165) is 23.8 Å². The fourth-order valence-electron chi connectivity index (χ4n) is 6.67. The topological polar surface area (TPSA) is 6.48 Å². The van der Waals surface area contributed by atoms with Gasteiger partial charge in [0, 0.05) is 11.6 Å². The third-order valence-electron chi connectivity index (χ3n) is 8.53. The van der Waals surface area contributed by atoms with Crippen molar-refractivity contribution in [3.05, 3.63) is 0 Å². The molecule has 2 heterocycles. The van der Waals surface area contributed by atoms with E-state index in [0.29, 0.717) is 16.4 Å². The summed E-state index contributed by atoms with van der Waals surface area (Å²) in [5, 5.41) is 0. The van der Waals surface area contributed by atoms with Gasteiger partial charge < -0.3 is 4.90 Å². The van der Waals surface area contributed by atoms with Crippen molar-refractivity contribution in [1.82, 2.24) is 9.80 Å². The van der Waals surface area contributed by atoms with Gasteiger partial charge in [0.05, 0.1) is 0 Å². The summed E-state index contributed by atoms with van der Waals surface area (Å²) in [4.78, 5) is 5.58. The van der Waals surface area contributed by atoms with E-state index >= 15 is 0 Å². The quantitative estimate of drug-likeness (QED) is 0.369. The summed E-state index contributed by atoms with van der Waals surface area (Å²) in [6, 6.07) is 0.750. The van der Waals surface area contributed by atoms with Crippen LogP contribution in [-0.2, 0) is 0 Å². The number of piperidine rings is 2. The van der Waals surface area contributed by atoms with Crippen molar-refractivity contribution in [2.24, 2.45) is 28.6 Å². The lowest BCUT2D eigenvalue weighted by Gasteiger charge is -2.51.